The Labute approximate surface area is 97.6 Å². The first-order chi connectivity index (χ1) is 8.25. The van der Waals surface area contributed by atoms with Crippen molar-refractivity contribution in [3.05, 3.63) is 58.9 Å². The molecule has 17 heavy (non-hydrogen) atoms. The summed E-state index contributed by atoms with van der Waals surface area (Å²) in [5.74, 6) is 0. The number of nitrogens with one attached hydrogen (secondary N) is 1. The number of fused-ring (bicyclic) bond motifs is 1. The smallest absolute Gasteiger partial charge is 0.274 e. The van der Waals surface area contributed by atoms with Crippen LogP contribution in [0.15, 0.2) is 47.8 Å². The second kappa shape index (κ2) is 3.59. The van der Waals surface area contributed by atoms with E-state index in [4.69, 9.17) is 0 Å². The summed E-state index contributed by atoms with van der Waals surface area (Å²) in [5, 5.41) is 0. The van der Waals surface area contributed by atoms with Gasteiger partial charge in [-0.2, -0.15) is 0 Å². The van der Waals surface area contributed by atoms with Crippen molar-refractivity contribution in [3.63, 3.8) is 0 Å². The highest BCUT2D eigenvalue weighted by atomic mass is 16.1. The van der Waals surface area contributed by atoms with E-state index in [9.17, 15) is 4.79 Å². The molecule has 0 unspecified atom stereocenters. The molecule has 0 saturated carbocycles. The number of nitrogens with zero attached hydrogens (tertiary/aromatic N) is 2. The number of hydrogen-bond donors (Lipinski definition) is 1. The molecule has 0 aliphatic carbocycles. The molecule has 84 valence electrons. The van der Waals surface area contributed by atoms with Gasteiger partial charge in [-0.15, -0.1) is 0 Å². The molecule has 2 heterocycles. The van der Waals surface area contributed by atoms with Gasteiger partial charge in [-0.05, 0) is 12.5 Å². The maximum Gasteiger partial charge on any atom is 0.274 e. The summed E-state index contributed by atoms with van der Waals surface area (Å²) in [6.45, 7) is 2.02. The van der Waals surface area contributed by atoms with Crippen LogP contribution in [0, 0.1) is 6.92 Å². The molecule has 0 amide bonds. The predicted molar refractivity (Wildman–Crippen MR) is 66.0 cm³/mol. The summed E-state index contributed by atoms with van der Waals surface area (Å²) in [5.41, 5.74) is 3.40. The maximum absolute atomic E-state index is 11.8. The molecule has 4 nitrogen and oxygen atoms in total. The van der Waals surface area contributed by atoms with Crippen LogP contribution < -0.4 is 5.56 Å². The summed E-state index contributed by atoms with van der Waals surface area (Å²) in [6.07, 6.45) is 5.07. The monoisotopic (exact) mass is 225 g/mol. The summed E-state index contributed by atoms with van der Waals surface area (Å²) >= 11 is 0. The second-order valence-corrected chi connectivity index (χ2v) is 4.00. The molecule has 3 aromatic rings. The first-order valence-corrected chi connectivity index (χ1v) is 5.37. The van der Waals surface area contributed by atoms with E-state index in [2.05, 4.69) is 9.97 Å². The molecule has 3 rings (SSSR count). The van der Waals surface area contributed by atoms with E-state index in [1.165, 1.54) is 0 Å². The largest absolute Gasteiger partial charge is 0.319 e. The highest BCUT2D eigenvalue weighted by molar-refractivity contribution is 5.63. The molecule has 0 atom stereocenters. The Kier molecular flexibility index (Phi) is 2.08. The van der Waals surface area contributed by atoms with Gasteiger partial charge in [0.05, 0.1) is 18.2 Å². The fourth-order valence-corrected chi connectivity index (χ4v) is 1.95. The SMILES string of the molecule is Cc1ccccc1-c1cn2cncc2c(=O)[nH]1. The molecular formula is C13H11N3O. The Morgan fingerprint density at radius 1 is 1.29 bits per heavy atom. The minimum Gasteiger partial charge on any atom is -0.319 e. The Bertz CT molecular complexity index is 740. The van der Waals surface area contributed by atoms with Crippen molar-refractivity contribution in [2.45, 2.75) is 6.92 Å². The van der Waals surface area contributed by atoms with E-state index in [-0.39, 0.29) is 5.56 Å². The number of H-pyrrole nitrogens is 1. The molecule has 0 aliphatic rings. The summed E-state index contributed by atoms with van der Waals surface area (Å²) in [4.78, 5) is 18.7. The number of benzene rings is 1. The zero-order valence-electron chi connectivity index (χ0n) is 9.34. The van der Waals surface area contributed by atoms with Crippen molar-refractivity contribution in [2.24, 2.45) is 0 Å². The third-order valence-electron chi connectivity index (χ3n) is 2.85. The van der Waals surface area contributed by atoms with Crippen LogP contribution in [0.25, 0.3) is 16.8 Å². The lowest BCUT2D eigenvalue weighted by Crippen LogP contribution is -2.10. The molecule has 0 saturated heterocycles. The van der Waals surface area contributed by atoms with Gasteiger partial charge in [0.2, 0.25) is 0 Å². The maximum atomic E-state index is 11.8. The molecule has 1 aromatic carbocycles. The number of aromatic amines is 1. The molecule has 0 spiro atoms. The summed E-state index contributed by atoms with van der Waals surface area (Å²) in [7, 11) is 0. The first kappa shape index (κ1) is 9.84. The normalized spacial score (nSPS) is 10.9. The topological polar surface area (TPSA) is 50.2 Å². The third kappa shape index (κ3) is 1.54. The molecule has 0 radical (unpaired) electrons. The van der Waals surface area contributed by atoms with E-state index >= 15 is 0 Å². The minimum atomic E-state index is -0.122. The fraction of sp³-hybridized carbons (Fsp3) is 0.0769. The standard InChI is InChI=1S/C13H11N3O/c1-9-4-2-3-5-10(9)11-7-16-8-14-6-12(16)13(17)15-11/h2-8H,1H3,(H,15,17). The van der Waals surface area contributed by atoms with Gasteiger partial charge < -0.3 is 4.98 Å². The zero-order valence-corrected chi connectivity index (χ0v) is 9.34. The van der Waals surface area contributed by atoms with Gasteiger partial charge in [0.1, 0.15) is 5.52 Å². The Hall–Kier alpha value is -2.36. The van der Waals surface area contributed by atoms with Crippen LogP contribution in [0.3, 0.4) is 0 Å². The van der Waals surface area contributed by atoms with Gasteiger partial charge in [-0.25, -0.2) is 4.98 Å². The van der Waals surface area contributed by atoms with Crippen LogP contribution in [0.1, 0.15) is 5.56 Å². The summed E-state index contributed by atoms with van der Waals surface area (Å²) in [6, 6.07) is 7.95. The first-order valence-electron chi connectivity index (χ1n) is 5.37. The van der Waals surface area contributed by atoms with Crippen molar-refractivity contribution in [1.82, 2.24) is 14.4 Å². The van der Waals surface area contributed by atoms with Crippen LogP contribution in [-0.4, -0.2) is 14.4 Å². The van der Waals surface area contributed by atoms with Gasteiger partial charge >= 0.3 is 0 Å². The van der Waals surface area contributed by atoms with Crippen LogP contribution in [0.5, 0.6) is 0 Å². The van der Waals surface area contributed by atoms with Crippen molar-refractivity contribution in [1.29, 1.82) is 0 Å². The van der Waals surface area contributed by atoms with E-state index < -0.39 is 0 Å². The Morgan fingerprint density at radius 2 is 2.12 bits per heavy atom. The molecule has 0 aliphatic heterocycles. The molecule has 4 heteroatoms. The minimum absolute atomic E-state index is 0.122. The van der Waals surface area contributed by atoms with Gasteiger partial charge in [-0.1, -0.05) is 24.3 Å². The number of rotatable bonds is 1. The van der Waals surface area contributed by atoms with Crippen LogP contribution in [0.2, 0.25) is 0 Å². The van der Waals surface area contributed by atoms with Crippen LogP contribution in [-0.2, 0) is 0 Å². The van der Waals surface area contributed by atoms with Crippen molar-refractivity contribution in [3.8, 4) is 11.3 Å². The van der Waals surface area contributed by atoms with E-state index in [0.717, 1.165) is 16.8 Å². The lowest BCUT2D eigenvalue weighted by atomic mass is 10.1. The molecule has 0 fully saturated rings. The summed E-state index contributed by atoms with van der Waals surface area (Å²) < 4.78 is 1.74. The molecule has 2 aromatic heterocycles. The van der Waals surface area contributed by atoms with Gasteiger partial charge in [0, 0.05) is 11.8 Å². The molecular weight excluding hydrogens is 214 g/mol. The molecule has 0 bridgehead atoms. The lowest BCUT2D eigenvalue weighted by molar-refractivity contribution is 1.09. The quantitative estimate of drug-likeness (QED) is 0.688. The fourth-order valence-electron chi connectivity index (χ4n) is 1.95. The van der Waals surface area contributed by atoms with Crippen molar-refractivity contribution in [2.75, 3.05) is 0 Å². The number of imidazole rings is 1. The average molecular weight is 225 g/mol. The van der Waals surface area contributed by atoms with E-state index in [0.29, 0.717) is 5.52 Å². The zero-order chi connectivity index (χ0) is 11.8. The van der Waals surface area contributed by atoms with Gasteiger partial charge in [0.15, 0.2) is 0 Å². The predicted octanol–water partition coefficient (Wildman–Crippen LogP) is 2.00. The van der Waals surface area contributed by atoms with Crippen LogP contribution >= 0.6 is 0 Å². The number of aromatic nitrogens is 3. The Morgan fingerprint density at radius 3 is 2.94 bits per heavy atom. The van der Waals surface area contributed by atoms with Crippen LogP contribution in [0.4, 0.5) is 0 Å². The van der Waals surface area contributed by atoms with Crippen molar-refractivity contribution < 1.29 is 0 Å². The lowest BCUT2D eigenvalue weighted by Gasteiger charge is -2.05. The highest BCUT2D eigenvalue weighted by Crippen LogP contribution is 2.19. The Balaban J connectivity index is 2.32. The average Bonchev–Trinajstić information content (AvgIpc) is 2.78. The highest BCUT2D eigenvalue weighted by Gasteiger charge is 2.05. The second-order valence-electron chi connectivity index (χ2n) is 4.00. The van der Waals surface area contributed by atoms with E-state index in [1.54, 1.807) is 16.9 Å². The number of hydrogen-bond acceptors (Lipinski definition) is 2. The van der Waals surface area contributed by atoms with E-state index in [1.807, 2.05) is 37.4 Å². The third-order valence-corrected chi connectivity index (χ3v) is 2.85. The molecule has 1 N–H and O–H groups in total. The van der Waals surface area contributed by atoms with Gasteiger partial charge in [-0.3, -0.25) is 9.20 Å². The number of aryl methyl sites for hydroxylation is 1. The van der Waals surface area contributed by atoms with Gasteiger partial charge in [0.25, 0.3) is 5.56 Å². The van der Waals surface area contributed by atoms with Crippen molar-refractivity contribution >= 4 is 5.52 Å².